The molecule has 1 atom stereocenters. The molecular weight excluding hydrogens is 314 g/mol. The Morgan fingerprint density at radius 1 is 1.09 bits per heavy atom. The lowest BCUT2D eigenvalue weighted by Crippen LogP contribution is -2.40. The largest absolute Gasteiger partial charge is 0.325 e. The lowest BCUT2D eigenvalue weighted by atomic mass is 10.1. The molecule has 0 aliphatic rings. The molecule has 0 fully saturated rings. The Kier molecular flexibility index (Phi) is 6.14. The predicted molar refractivity (Wildman–Crippen MR) is 91.5 cm³/mol. The highest BCUT2D eigenvalue weighted by Crippen LogP contribution is 2.16. The Morgan fingerprint density at radius 2 is 1.83 bits per heavy atom. The van der Waals surface area contributed by atoms with Crippen LogP contribution >= 0.6 is 11.6 Å². The van der Waals surface area contributed by atoms with Crippen molar-refractivity contribution in [2.75, 3.05) is 11.9 Å². The third-order valence-corrected chi connectivity index (χ3v) is 3.44. The number of carbonyl (C=O) groups excluding carboxylic acids is 2. The molecule has 0 saturated carbocycles. The van der Waals surface area contributed by atoms with Gasteiger partial charge >= 0.3 is 6.03 Å². The van der Waals surface area contributed by atoms with Gasteiger partial charge in [-0.05, 0) is 36.8 Å². The molecule has 23 heavy (non-hydrogen) atoms. The number of para-hydroxylation sites is 1. The molecule has 3 N–H and O–H groups in total. The molecule has 3 amide bonds. The lowest BCUT2D eigenvalue weighted by Gasteiger charge is -2.14. The minimum atomic E-state index is -0.557. The van der Waals surface area contributed by atoms with Crippen LogP contribution in [-0.2, 0) is 4.79 Å². The molecule has 0 saturated heterocycles. The van der Waals surface area contributed by atoms with Crippen LogP contribution in [0.25, 0.3) is 0 Å². The van der Waals surface area contributed by atoms with Crippen LogP contribution in [0.2, 0.25) is 5.02 Å². The van der Waals surface area contributed by atoms with Crippen molar-refractivity contribution in [3.63, 3.8) is 0 Å². The molecule has 0 bridgehead atoms. The van der Waals surface area contributed by atoms with Crippen molar-refractivity contribution >= 4 is 29.2 Å². The van der Waals surface area contributed by atoms with Gasteiger partial charge < -0.3 is 10.6 Å². The van der Waals surface area contributed by atoms with Crippen LogP contribution in [0.5, 0.6) is 0 Å². The summed E-state index contributed by atoms with van der Waals surface area (Å²) in [6, 6.07) is 15.7. The number of hydrogen-bond donors (Lipinski definition) is 3. The number of imide groups is 1. The minimum absolute atomic E-state index is 0.0237. The molecule has 0 aliphatic carbocycles. The second kappa shape index (κ2) is 8.31. The van der Waals surface area contributed by atoms with Crippen molar-refractivity contribution in [1.29, 1.82) is 0 Å². The summed E-state index contributed by atoms with van der Waals surface area (Å²) in [5, 5.41) is 8.54. The molecule has 0 aromatic heterocycles. The van der Waals surface area contributed by atoms with E-state index in [0.29, 0.717) is 10.7 Å². The first-order valence-electron chi connectivity index (χ1n) is 7.19. The SMILES string of the molecule is C[C@@H](NCC(=O)NC(=O)Nc1ccccc1)c1cccc(Cl)c1. The summed E-state index contributed by atoms with van der Waals surface area (Å²) in [5.41, 5.74) is 1.59. The van der Waals surface area contributed by atoms with Gasteiger partial charge in [0.25, 0.3) is 0 Å². The van der Waals surface area contributed by atoms with E-state index in [1.54, 1.807) is 30.3 Å². The predicted octanol–water partition coefficient (Wildman–Crippen LogP) is 3.34. The van der Waals surface area contributed by atoms with E-state index in [1.807, 2.05) is 31.2 Å². The number of hydrogen-bond acceptors (Lipinski definition) is 3. The molecule has 2 rings (SSSR count). The minimum Gasteiger partial charge on any atom is -0.308 e. The second-order valence-corrected chi connectivity index (χ2v) is 5.46. The Labute approximate surface area is 140 Å². The number of nitrogens with one attached hydrogen (secondary N) is 3. The van der Waals surface area contributed by atoms with Gasteiger partial charge in [0.15, 0.2) is 0 Å². The van der Waals surface area contributed by atoms with Crippen molar-refractivity contribution in [1.82, 2.24) is 10.6 Å². The smallest absolute Gasteiger partial charge is 0.308 e. The van der Waals surface area contributed by atoms with E-state index < -0.39 is 11.9 Å². The molecular formula is C17H18ClN3O2. The highest BCUT2D eigenvalue weighted by atomic mass is 35.5. The van der Waals surface area contributed by atoms with E-state index in [-0.39, 0.29) is 12.6 Å². The van der Waals surface area contributed by atoms with Crippen molar-refractivity contribution in [2.24, 2.45) is 0 Å². The summed E-state index contributed by atoms with van der Waals surface area (Å²) >= 11 is 5.94. The summed E-state index contributed by atoms with van der Waals surface area (Å²) < 4.78 is 0. The zero-order chi connectivity index (χ0) is 16.7. The Bertz CT molecular complexity index is 677. The summed E-state index contributed by atoms with van der Waals surface area (Å²) in [6.07, 6.45) is 0. The van der Waals surface area contributed by atoms with E-state index >= 15 is 0 Å². The van der Waals surface area contributed by atoms with E-state index in [4.69, 9.17) is 11.6 Å². The highest BCUT2D eigenvalue weighted by Gasteiger charge is 2.10. The summed E-state index contributed by atoms with van der Waals surface area (Å²) in [5.74, 6) is -0.410. The van der Waals surface area contributed by atoms with Crippen molar-refractivity contribution in [3.8, 4) is 0 Å². The maximum absolute atomic E-state index is 11.8. The third-order valence-electron chi connectivity index (χ3n) is 3.20. The number of amides is 3. The fourth-order valence-corrected chi connectivity index (χ4v) is 2.19. The summed E-state index contributed by atoms with van der Waals surface area (Å²) in [4.78, 5) is 23.5. The van der Waals surface area contributed by atoms with Gasteiger partial charge in [0.2, 0.25) is 5.91 Å². The van der Waals surface area contributed by atoms with Gasteiger partial charge in [-0.2, -0.15) is 0 Å². The van der Waals surface area contributed by atoms with Gasteiger partial charge in [-0.1, -0.05) is 41.9 Å². The fourth-order valence-electron chi connectivity index (χ4n) is 1.99. The average Bonchev–Trinajstić information content (AvgIpc) is 2.53. The maximum Gasteiger partial charge on any atom is 0.325 e. The number of carbonyl (C=O) groups is 2. The second-order valence-electron chi connectivity index (χ2n) is 5.03. The maximum atomic E-state index is 11.8. The zero-order valence-electron chi connectivity index (χ0n) is 12.7. The molecule has 0 unspecified atom stereocenters. The van der Waals surface area contributed by atoms with Crippen molar-refractivity contribution in [3.05, 3.63) is 65.2 Å². The topological polar surface area (TPSA) is 70.2 Å². The first-order chi connectivity index (χ1) is 11.0. The fraction of sp³-hybridized carbons (Fsp3) is 0.176. The monoisotopic (exact) mass is 331 g/mol. The first kappa shape index (κ1) is 17.0. The Hall–Kier alpha value is -2.37. The molecule has 0 radical (unpaired) electrons. The molecule has 2 aromatic rings. The van der Waals surface area contributed by atoms with Crippen molar-refractivity contribution in [2.45, 2.75) is 13.0 Å². The Balaban J connectivity index is 1.77. The quantitative estimate of drug-likeness (QED) is 0.787. The van der Waals surface area contributed by atoms with E-state index in [9.17, 15) is 9.59 Å². The van der Waals surface area contributed by atoms with Crippen LogP contribution in [-0.4, -0.2) is 18.5 Å². The molecule has 0 aliphatic heterocycles. The zero-order valence-corrected chi connectivity index (χ0v) is 13.4. The van der Waals surface area contributed by atoms with E-state index in [1.165, 1.54) is 0 Å². The molecule has 120 valence electrons. The molecule has 2 aromatic carbocycles. The first-order valence-corrected chi connectivity index (χ1v) is 7.57. The van der Waals surface area contributed by atoms with Crippen LogP contribution in [0.3, 0.4) is 0 Å². The van der Waals surface area contributed by atoms with Gasteiger partial charge in [0.1, 0.15) is 0 Å². The van der Waals surface area contributed by atoms with Gasteiger partial charge in [0, 0.05) is 16.8 Å². The number of anilines is 1. The molecule has 0 heterocycles. The van der Waals surface area contributed by atoms with E-state index in [2.05, 4.69) is 16.0 Å². The van der Waals surface area contributed by atoms with Crippen LogP contribution in [0.4, 0.5) is 10.5 Å². The van der Waals surface area contributed by atoms with Crippen molar-refractivity contribution < 1.29 is 9.59 Å². The van der Waals surface area contributed by atoms with Crippen LogP contribution < -0.4 is 16.0 Å². The van der Waals surface area contributed by atoms with Gasteiger partial charge in [-0.3, -0.25) is 10.1 Å². The van der Waals surface area contributed by atoms with E-state index in [0.717, 1.165) is 5.56 Å². The van der Waals surface area contributed by atoms with Crippen LogP contribution in [0.15, 0.2) is 54.6 Å². The Morgan fingerprint density at radius 3 is 2.52 bits per heavy atom. The number of urea groups is 1. The summed E-state index contributed by atoms with van der Waals surface area (Å²) in [7, 11) is 0. The lowest BCUT2D eigenvalue weighted by molar-refractivity contribution is -0.119. The molecule has 6 heteroatoms. The van der Waals surface area contributed by atoms with Gasteiger partial charge in [0.05, 0.1) is 6.54 Å². The van der Waals surface area contributed by atoms with Gasteiger partial charge in [-0.15, -0.1) is 0 Å². The standard InChI is InChI=1S/C17H18ClN3O2/c1-12(13-6-5-7-14(18)10-13)19-11-16(22)21-17(23)20-15-8-3-2-4-9-15/h2-10,12,19H,11H2,1H3,(H2,20,21,22,23)/t12-/m1/s1. The van der Waals surface area contributed by atoms with Gasteiger partial charge in [-0.25, -0.2) is 4.79 Å². The normalized spacial score (nSPS) is 11.6. The average molecular weight is 332 g/mol. The highest BCUT2D eigenvalue weighted by molar-refractivity contribution is 6.30. The third kappa shape index (κ3) is 5.73. The molecule has 5 nitrogen and oxygen atoms in total. The molecule has 0 spiro atoms. The number of halogens is 1. The number of rotatable bonds is 5. The van der Waals surface area contributed by atoms with Crippen LogP contribution in [0, 0.1) is 0 Å². The summed E-state index contributed by atoms with van der Waals surface area (Å²) in [6.45, 7) is 1.94. The van der Waals surface area contributed by atoms with Crippen LogP contribution in [0.1, 0.15) is 18.5 Å². The number of benzene rings is 2.